The van der Waals surface area contributed by atoms with Crippen LogP contribution in [0.2, 0.25) is 0 Å². The molecule has 9 nitrogen and oxygen atoms in total. The van der Waals surface area contributed by atoms with E-state index in [2.05, 4.69) is 10.3 Å². The van der Waals surface area contributed by atoms with Gasteiger partial charge in [-0.2, -0.15) is 4.31 Å². The molecule has 0 saturated carbocycles. The van der Waals surface area contributed by atoms with E-state index in [1.54, 1.807) is 7.11 Å². The molecule has 2 heterocycles. The van der Waals surface area contributed by atoms with Gasteiger partial charge in [-0.1, -0.05) is 12.1 Å². The lowest BCUT2D eigenvalue weighted by Gasteiger charge is -2.31. The monoisotopic (exact) mass is 445 g/mol. The molecule has 3 aromatic rings. The number of ether oxygens (including phenoxy) is 1. The molecule has 2 N–H and O–H groups in total. The number of hydrogen-bond acceptors (Lipinski definition) is 6. The molecular weight excluding hydrogens is 422 g/mol. The molecule has 2 aromatic carbocycles. The van der Waals surface area contributed by atoms with Gasteiger partial charge in [-0.25, -0.2) is 13.2 Å². The van der Waals surface area contributed by atoms with E-state index in [0.717, 1.165) is 5.56 Å². The fraction of sp³-hybridized carbons (Fsp3) is 0.333. The van der Waals surface area contributed by atoms with Crippen molar-refractivity contribution in [3.8, 4) is 5.75 Å². The van der Waals surface area contributed by atoms with Crippen LogP contribution < -0.4 is 15.8 Å². The van der Waals surface area contributed by atoms with Crippen LogP contribution in [0.5, 0.6) is 5.75 Å². The van der Waals surface area contributed by atoms with Gasteiger partial charge >= 0.3 is 5.76 Å². The lowest BCUT2D eigenvalue weighted by atomic mass is 9.99. The Bertz CT molecular complexity index is 1260. The van der Waals surface area contributed by atoms with E-state index in [9.17, 15) is 18.0 Å². The molecule has 31 heavy (non-hydrogen) atoms. The van der Waals surface area contributed by atoms with E-state index < -0.39 is 21.7 Å². The minimum atomic E-state index is -3.83. The van der Waals surface area contributed by atoms with Gasteiger partial charge < -0.3 is 14.5 Å². The van der Waals surface area contributed by atoms with Crippen LogP contribution in [-0.4, -0.2) is 43.8 Å². The molecule has 164 valence electrons. The van der Waals surface area contributed by atoms with Gasteiger partial charge in [0.1, 0.15) is 5.75 Å². The summed E-state index contributed by atoms with van der Waals surface area (Å²) in [4.78, 5) is 26.5. The second kappa shape index (κ2) is 8.56. The van der Waals surface area contributed by atoms with Gasteiger partial charge in [0.25, 0.3) is 0 Å². The summed E-state index contributed by atoms with van der Waals surface area (Å²) in [5, 5.41) is 2.89. The number of methoxy groups -OCH3 is 1. The SMILES string of the molecule is COc1cccc(CNC(=O)[C@H]2CCCN(S(=O)(=O)c3ccc4[nH]c(=O)oc4c3)C2)c1. The summed E-state index contributed by atoms with van der Waals surface area (Å²) in [5.74, 6) is -0.565. The van der Waals surface area contributed by atoms with Crippen molar-refractivity contribution in [1.82, 2.24) is 14.6 Å². The highest BCUT2D eigenvalue weighted by Gasteiger charge is 2.33. The van der Waals surface area contributed by atoms with Gasteiger partial charge in [-0.05, 0) is 42.7 Å². The molecule has 1 fully saturated rings. The number of hydrogen-bond donors (Lipinski definition) is 2. The molecule has 0 bridgehead atoms. The summed E-state index contributed by atoms with van der Waals surface area (Å²) in [6, 6.07) is 11.6. The van der Waals surface area contributed by atoms with Crippen molar-refractivity contribution in [1.29, 1.82) is 0 Å². The predicted molar refractivity (Wildman–Crippen MR) is 113 cm³/mol. The quantitative estimate of drug-likeness (QED) is 0.597. The number of amides is 1. The Balaban J connectivity index is 1.45. The first-order valence-corrected chi connectivity index (χ1v) is 11.3. The number of oxazole rings is 1. The summed E-state index contributed by atoms with van der Waals surface area (Å²) in [6.07, 6.45) is 1.19. The third kappa shape index (κ3) is 4.49. The van der Waals surface area contributed by atoms with E-state index in [1.165, 1.54) is 22.5 Å². The maximum atomic E-state index is 13.1. The van der Waals surface area contributed by atoms with Crippen LogP contribution in [0.4, 0.5) is 0 Å². The first-order valence-electron chi connectivity index (χ1n) is 9.90. The van der Waals surface area contributed by atoms with Crippen LogP contribution in [-0.2, 0) is 21.4 Å². The second-order valence-corrected chi connectivity index (χ2v) is 9.38. The minimum absolute atomic E-state index is 0.0280. The molecule has 10 heteroatoms. The highest BCUT2D eigenvalue weighted by Crippen LogP contribution is 2.26. The number of aromatic amines is 1. The molecule has 1 amide bonds. The lowest BCUT2D eigenvalue weighted by Crippen LogP contribution is -2.45. The van der Waals surface area contributed by atoms with E-state index in [-0.39, 0.29) is 22.9 Å². The standard InChI is InChI=1S/C21H23N3O6S/c1-29-16-6-2-4-14(10-16)12-22-20(25)15-5-3-9-24(13-15)31(27,28)17-7-8-18-19(11-17)30-21(26)23-18/h2,4,6-8,10-11,15H,3,5,9,12-13H2,1H3,(H,22,25)(H,23,26)/t15-/m0/s1. The number of H-pyrrole nitrogens is 1. The molecule has 1 aliphatic rings. The lowest BCUT2D eigenvalue weighted by molar-refractivity contribution is -0.126. The minimum Gasteiger partial charge on any atom is -0.497 e. The Labute approximate surface area is 179 Å². The number of sulfonamides is 1. The van der Waals surface area contributed by atoms with Gasteiger partial charge in [-0.15, -0.1) is 0 Å². The fourth-order valence-electron chi connectivity index (χ4n) is 3.73. The van der Waals surface area contributed by atoms with E-state index in [0.29, 0.717) is 37.2 Å². The van der Waals surface area contributed by atoms with Crippen molar-refractivity contribution in [3.63, 3.8) is 0 Å². The van der Waals surface area contributed by atoms with Crippen molar-refractivity contribution in [2.45, 2.75) is 24.3 Å². The first-order chi connectivity index (χ1) is 14.9. The highest BCUT2D eigenvalue weighted by atomic mass is 32.2. The topological polar surface area (TPSA) is 122 Å². The Morgan fingerprint density at radius 2 is 2.13 bits per heavy atom. The molecule has 0 aliphatic carbocycles. The van der Waals surface area contributed by atoms with Crippen LogP contribution >= 0.6 is 0 Å². The van der Waals surface area contributed by atoms with Crippen LogP contribution in [0.3, 0.4) is 0 Å². The number of carbonyl (C=O) groups excluding carboxylic acids is 1. The van der Waals surface area contributed by atoms with Crippen LogP contribution in [0, 0.1) is 5.92 Å². The third-order valence-electron chi connectivity index (χ3n) is 5.39. The van der Waals surface area contributed by atoms with Crippen molar-refractivity contribution < 1.29 is 22.4 Å². The van der Waals surface area contributed by atoms with Crippen molar-refractivity contribution >= 4 is 27.0 Å². The Kier molecular flexibility index (Phi) is 5.84. The van der Waals surface area contributed by atoms with Gasteiger partial charge in [0, 0.05) is 25.7 Å². The predicted octanol–water partition coefficient (Wildman–Crippen LogP) is 1.85. The normalized spacial score (nSPS) is 17.5. The molecule has 1 aliphatic heterocycles. The fourth-order valence-corrected chi connectivity index (χ4v) is 5.27. The molecular formula is C21H23N3O6S. The van der Waals surface area contributed by atoms with E-state index >= 15 is 0 Å². The van der Waals surface area contributed by atoms with Crippen LogP contribution in [0.15, 0.2) is 56.6 Å². The first kappa shape index (κ1) is 21.1. The molecule has 1 atom stereocenters. The zero-order valence-corrected chi connectivity index (χ0v) is 17.8. The van der Waals surface area contributed by atoms with Crippen molar-refractivity contribution in [2.75, 3.05) is 20.2 Å². The Morgan fingerprint density at radius 3 is 2.94 bits per heavy atom. The van der Waals surface area contributed by atoms with E-state index in [1.807, 2.05) is 24.3 Å². The summed E-state index contributed by atoms with van der Waals surface area (Å²) in [7, 11) is -2.25. The molecule has 1 aromatic heterocycles. The largest absolute Gasteiger partial charge is 0.497 e. The molecule has 1 saturated heterocycles. The van der Waals surface area contributed by atoms with Gasteiger partial charge in [0.05, 0.1) is 23.4 Å². The highest BCUT2D eigenvalue weighted by molar-refractivity contribution is 7.89. The molecule has 0 unspecified atom stereocenters. The molecule has 4 rings (SSSR count). The van der Waals surface area contributed by atoms with Crippen molar-refractivity contribution in [3.05, 3.63) is 58.6 Å². The zero-order chi connectivity index (χ0) is 22.0. The molecule has 0 radical (unpaired) electrons. The number of benzene rings is 2. The van der Waals surface area contributed by atoms with Crippen LogP contribution in [0.25, 0.3) is 11.1 Å². The summed E-state index contributed by atoms with van der Waals surface area (Å²) in [6.45, 7) is 0.765. The van der Waals surface area contributed by atoms with Crippen molar-refractivity contribution in [2.24, 2.45) is 5.92 Å². The smallest absolute Gasteiger partial charge is 0.417 e. The summed E-state index contributed by atoms with van der Waals surface area (Å²) < 4.78 is 37.7. The number of nitrogens with zero attached hydrogens (tertiary/aromatic N) is 1. The van der Waals surface area contributed by atoms with Gasteiger partial charge in [-0.3, -0.25) is 9.78 Å². The summed E-state index contributed by atoms with van der Waals surface area (Å²) in [5.41, 5.74) is 1.50. The Hall–Kier alpha value is -3.11. The second-order valence-electron chi connectivity index (χ2n) is 7.44. The number of nitrogens with one attached hydrogen (secondary N) is 2. The number of rotatable bonds is 6. The number of piperidine rings is 1. The summed E-state index contributed by atoms with van der Waals surface area (Å²) >= 11 is 0. The zero-order valence-electron chi connectivity index (χ0n) is 17.0. The number of aromatic nitrogens is 1. The number of carbonyl (C=O) groups is 1. The third-order valence-corrected chi connectivity index (χ3v) is 7.25. The average molecular weight is 445 g/mol. The maximum Gasteiger partial charge on any atom is 0.417 e. The Morgan fingerprint density at radius 1 is 1.29 bits per heavy atom. The van der Waals surface area contributed by atoms with Crippen LogP contribution in [0.1, 0.15) is 18.4 Å². The number of fused-ring (bicyclic) bond motifs is 1. The van der Waals surface area contributed by atoms with Gasteiger partial charge in [0.2, 0.25) is 15.9 Å². The molecule has 0 spiro atoms. The van der Waals surface area contributed by atoms with Gasteiger partial charge in [0.15, 0.2) is 5.58 Å². The van der Waals surface area contributed by atoms with E-state index in [4.69, 9.17) is 9.15 Å². The average Bonchev–Trinajstić information content (AvgIpc) is 3.17. The maximum absolute atomic E-state index is 13.1.